The third-order valence-electron chi connectivity index (χ3n) is 1.75. The van der Waals surface area contributed by atoms with Gasteiger partial charge in [-0.05, 0) is 20.3 Å². The Hall–Kier alpha value is -0.860. The van der Waals surface area contributed by atoms with Gasteiger partial charge in [-0.3, -0.25) is 9.59 Å². The zero-order valence-corrected chi connectivity index (χ0v) is 7.89. The number of carboxylic acid groups (broad SMARTS) is 1. The molecule has 0 saturated carbocycles. The van der Waals surface area contributed by atoms with Gasteiger partial charge in [-0.1, -0.05) is 6.92 Å². The zero-order valence-electron chi connectivity index (χ0n) is 7.89. The van der Waals surface area contributed by atoms with Gasteiger partial charge in [0.1, 0.15) is 5.78 Å². The van der Waals surface area contributed by atoms with Gasteiger partial charge >= 0.3 is 5.97 Å². The maximum absolute atomic E-state index is 11.1. The molecule has 0 aliphatic rings. The number of hydrogen-bond acceptors (Lipinski definition) is 2. The molecule has 0 saturated heterocycles. The van der Waals surface area contributed by atoms with E-state index in [-0.39, 0.29) is 12.2 Å². The second-order valence-corrected chi connectivity index (χ2v) is 3.65. The molecule has 0 unspecified atom stereocenters. The van der Waals surface area contributed by atoms with Crippen molar-refractivity contribution in [2.75, 3.05) is 0 Å². The number of carbonyl (C=O) groups is 2. The molecule has 0 heterocycles. The molecule has 0 spiro atoms. The summed E-state index contributed by atoms with van der Waals surface area (Å²) in [6.45, 7) is 5.05. The van der Waals surface area contributed by atoms with E-state index >= 15 is 0 Å². The first kappa shape index (κ1) is 11.1. The molecule has 3 nitrogen and oxygen atoms in total. The van der Waals surface area contributed by atoms with Crippen LogP contribution in [0.2, 0.25) is 0 Å². The maximum atomic E-state index is 11.1. The number of carboxylic acids is 1. The van der Waals surface area contributed by atoms with Crippen LogP contribution >= 0.6 is 0 Å². The number of carbonyl (C=O) groups excluding carboxylic acids is 1. The monoisotopic (exact) mass is 172 g/mol. The predicted molar refractivity (Wildman–Crippen MR) is 45.9 cm³/mol. The molecular weight excluding hydrogens is 156 g/mol. The van der Waals surface area contributed by atoms with Crippen LogP contribution in [0, 0.1) is 5.41 Å². The molecule has 0 atom stereocenters. The van der Waals surface area contributed by atoms with Crippen LogP contribution in [0.4, 0.5) is 0 Å². The summed E-state index contributed by atoms with van der Waals surface area (Å²) >= 11 is 0. The van der Waals surface area contributed by atoms with Gasteiger partial charge in [0.05, 0.1) is 5.41 Å². The molecule has 0 fully saturated rings. The van der Waals surface area contributed by atoms with Gasteiger partial charge in [0.25, 0.3) is 0 Å². The minimum Gasteiger partial charge on any atom is -0.481 e. The standard InChI is InChI=1S/C9H16O3/c1-4-5-7(10)6-9(2,3)8(11)12/h4-6H2,1-3H3,(H,11,12). The summed E-state index contributed by atoms with van der Waals surface area (Å²) in [4.78, 5) is 21.7. The van der Waals surface area contributed by atoms with Crippen LogP contribution in [-0.4, -0.2) is 16.9 Å². The molecule has 0 aliphatic carbocycles. The molecule has 0 amide bonds. The molecule has 70 valence electrons. The maximum Gasteiger partial charge on any atom is 0.309 e. The van der Waals surface area contributed by atoms with E-state index in [0.717, 1.165) is 6.42 Å². The highest BCUT2D eigenvalue weighted by atomic mass is 16.4. The fourth-order valence-corrected chi connectivity index (χ4v) is 0.936. The highest BCUT2D eigenvalue weighted by Crippen LogP contribution is 2.21. The van der Waals surface area contributed by atoms with E-state index in [2.05, 4.69) is 0 Å². The van der Waals surface area contributed by atoms with E-state index in [0.29, 0.717) is 6.42 Å². The van der Waals surface area contributed by atoms with Crippen molar-refractivity contribution in [3.05, 3.63) is 0 Å². The summed E-state index contributed by atoms with van der Waals surface area (Å²) in [6.07, 6.45) is 1.40. The van der Waals surface area contributed by atoms with E-state index in [1.807, 2.05) is 6.92 Å². The number of aliphatic carboxylic acids is 1. The second-order valence-electron chi connectivity index (χ2n) is 3.65. The summed E-state index contributed by atoms with van der Waals surface area (Å²) in [7, 11) is 0. The van der Waals surface area contributed by atoms with Crippen molar-refractivity contribution >= 4 is 11.8 Å². The third kappa shape index (κ3) is 3.51. The first-order chi connectivity index (χ1) is 5.40. The van der Waals surface area contributed by atoms with Gasteiger partial charge < -0.3 is 5.11 Å². The summed E-state index contributed by atoms with van der Waals surface area (Å²) in [5.74, 6) is -0.878. The highest BCUT2D eigenvalue weighted by Gasteiger charge is 2.29. The smallest absolute Gasteiger partial charge is 0.309 e. The fourth-order valence-electron chi connectivity index (χ4n) is 0.936. The fraction of sp³-hybridized carbons (Fsp3) is 0.778. The Morgan fingerprint density at radius 1 is 1.33 bits per heavy atom. The predicted octanol–water partition coefficient (Wildman–Crippen LogP) is 1.86. The zero-order chi connectivity index (χ0) is 9.78. The molecule has 1 N–H and O–H groups in total. The molecule has 0 aromatic heterocycles. The van der Waals surface area contributed by atoms with Gasteiger partial charge in [-0.15, -0.1) is 0 Å². The number of rotatable bonds is 5. The van der Waals surface area contributed by atoms with Crippen molar-refractivity contribution in [1.29, 1.82) is 0 Å². The van der Waals surface area contributed by atoms with Crippen molar-refractivity contribution in [1.82, 2.24) is 0 Å². The summed E-state index contributed by atoms with van der Waals surface area (Å²) < 4.78 is 0. The summed E-state index contributed by atoms with van der Waals surface area (Å²) in [5, 5.41) is 8.71. The lowest BCUT2D eigenvalue weighted by Gasteiger charge is -2.17. The van der Waals surface area contributed by atoms with Crippen LogP contribution in [0.15, 0.2) is 0 Å². The first-order valence-electron chi connectivity index (χ1n) is 4.15. The van der Waals surface area contributed by atoms with Gasteiger partial charge in [-0.2, -0.15) is 0 Å². The van der Waals surface area contributed by atoms with Gasteiger partial charge in [0.15, 0.2) is 0 Å². The Kier molecular flexibility index (Phi) is 3.93. The Labute approximate surface area is 72.8 Å². The van der Waals surface area contributed by atoms with Crippen molar-refractivity contribution in [2.24, 2.45) is 5.41 Å². The average molecular weight is 172 g/mol. The quantitative estimate of drug-likeness (QED) is 0.688. The van der Waals surface area contributed by atoms with E-state index in [1.54, 1.807) is 13.8 Å². The van der Waals surface area contributed by atoms with Crippen molar-refractivity contribution in [2.45, 2.75) is 40.0 Å². The normalized spacial score (nSPS) is 11.2. The minimum atomic E-state index is -0.910. The molecule has 0 aromatic carbocycles. The lowest BCUT2D eigenvalue weighted by Crippen LogP contribution is -2.26. The van der Waals surface area contributed by atoms with Crippen LogP contribution < -0.4 is 0 Å². The number of hydrogen-bond donors (Lipinski definition) is 1. The molecule has 0 radical (unpaired) electrons. The lowest BCUT2D eigenvalue weighted by atomic mass is 9.86. The SMILES string of the molecule is CCCC(=O)CC(C)(C)C(=O)O. The van der Waals surface area contributed by atoms with Crippen LogP contribution in [-0.2, 0) is 9.59 Å². The largest absolute Gasteiger partial charge is 0.481 e. The van der Waals surface area contributed by atoms with E-state index in [1.165, 1.54) is 0 Å². The van der Waals surface area contributed by atoms with Crippen molar-refractivity contribution < 1.29 is 14.7 Å². The molecule has 3 heteroatoms. The average Bonchev–Trinajstić information content (AvgIpc) is 1.85. The Morgan fingerprint density at radius 3 is 2.17 bits per heavy atom. The highest BCUT2D eigenvalue weighted by molar-refractivity contribution is 5.85. The Balaban J connectivity index is 4.06. The van der Waals surface area contributed by atoms with Crippen LogP contribution in [0.25, 0.3) is 0 Å². The topological polar surface area (TPSA) is 54.4 Å². The Morgan fingerprint density at radius 2 is 1.83 bits per heavy atom. The molecule has 0 rings (SSSR count). The molecule has 12 heavy (non-hydrogen) atoms. The van der Waals surface area contributed by atoms with E-state index < -0.39 is 11.4 Å². The van der Waals surface area contributed by atoms with E-state index in [4.69, 9.17) is 5.11 Å². The van der Waals surface area contributed by atoms with Crippen LogP contribution in [0.3, 0.4) is 0 Å². The van der Waals surface area contributed by atoms with Crippen molar-refractivity contribution in [3.63, 3.8) is 0 Å². The van der Waals surface area contributed by atoms with Crippen LogP contribution in [0.5, 0.6) is 0 Å². The minimum absolute atomic E-state index is 0.0323. The Bertz CT molecular complexity index is 182. The van der Waals surface area contributed by atoms with Gasteiger partial charge in [-0.25, -0.2) is 0 Å². The van der Waals surface area contributed by atoms with Gasteiger partial charge in [0.2, 0.25) is 0 Å². The number of Topliss-reactive ketones (excluding diaryl/α,β-unsaturated/α-hetero) is 1. The first-order valence-corrected chi connectivity index (χ1v) is 4.15. The third-order valence-corrected chi connectivity index (χ3v) is 1.75. The lowest BCUT2D eigenvalue weighted by molar-refractivity contribution is -0.149. The molecule has 0 bridgehead atoms. The van der Waals surface area contributed by atoms with Gasteiger partial charge in [0, 0.05) is 12.8 Å². The second kappa shape index (κ2) is 4.24. The molecule has 0 aromatic rings. The molecular formula is C9H16O3. The van der Waals surface area contributed by atoms with Crippen molar-refractivity contribution in [3.8, 4) is 0 Å². The summed E-state index contributed by atoms with van der Waals surface area (Å²) in [5.41, 5.74) is -0.910. The molecule has 0 aliphatic heterocycles. The van der Waals surface area contributed by atoms with E-state index in [9.17, 15) is 9.59 Å². The number of ketones is 1. The van der Waals surface area contributed by atoms with Crippen LogP contribution in [0.1, 0.15) is 40.0 Å². The summed E-state index contributed by atoms with van der Waals surface area (Å²) in [6, 6.07) is 0.